The predicted molar refractivity (Wildman–Crippen MR) is 121 cm³/mol. The lowest BCUT2D eigenvalue weighted by atomic mass is 10.0. The van der Waals surface area contributed by atoms with E-state index in [1.165, 1.54) is 6.33 Å². The van der Waals surface area contributed by atoms with Crippen LogP contribution in [0.15, 0.2) is 60.1 Å². The van der Waals surface area contributed by atoms with Crippen LogP contribution in [0.1, 0.15) is 11.6 Å². The van der Waals surface area contributed by atoms with E-state index < -0.39 is 6.04 Å². The number of carbonyl (C=O) groups is 1. The van der Waals surface area contributed by atoms with E-state index in [9.17, 15) is 4.79 Å². The van der Waals surface area contributed by atoms with Gasteiger partial charge in [0.15, 0.2) is 11.5 Å². The summed E-state index contributed by atoms with van der Waals surface area (Å²) in [5, 5.41) is 4.23. The molecular weight excluding hydrogens is 437 g/mol. The molecule has 3 heterocycles. The number of hydrogen-bond donors (Lipinski definition) is 2. The molecule has 0 amide bonds. The number of nitrogens with one attached hydrogen (secondary N) is 2. The molecular formula is C21H15Cl2N7O. The van der Waals surface area contributed by atoms with Crippen molar-refractivity contribution in [1.29, 1.82) is 0 Å². The highest BCUT2D eigenvalue weighted by Gasteiger charge is 2.33. The molecule has 1 aliphatic heterocycles. The lowest BCUT2D eigenvalue weighted by Crippen LogP contribution is -2.42. The molecule has 1 unspecified atom stereocenters. The number of benzene rings is 2. The quantitative estimate of drug-likeness (QED) is 0.431. The van der Waals surface area contributed by atoms with Crippen LogP contribution >= 0.6 is 23.2 Å². The number of fused-ring (bicyclic) bond motifs is 2. The Hall–Kier alpha value is -3.49. The Labute approximate surface area is 187 Å². The second-order valence-corrected chi connectivity index (χ2v) is 7.59. The molecule has 0 spiro atoms. The van der Waals surface area contributed by atoms with Gasteiger partial charge in [0.25, 0.3) is 0 Å². The topological polar surface area (TPSA) is 99.2 Å². The van der Waals surface area contributed by atoms with Crippen LogP contribution in [-0.2, 0) is 4.79 Å². The number of carbonyl (C=O) groups excluding carboxylic acids is 1. The number of aliphatic imine (C=N–C) groups is 1. The van der Waals surface area contributed by atoms with E-state index in [0.717, 1.165) is 6.29 Å². The molecule has 154 valence electrons. The molecule has 0 saturated carbocycles. The maximum Gasteiger partial charge on any atom is 0.182 e. The van der Waals surface area contributed by atoms with E-state index in [4.69, 9.17) is 28.2 Å². The summed E-state index contributed by atoms with van der Waals surface area (Å²) in [6.45, 7) is 0.270. The van der Waals surface area contributed by atoms with Crippen molar-refractivity contribution in [2.45, 2.75) is 6.04 Å². The predicted octanol–water partition coefficient (Wildman–Crippen LogP) is 4.56. The fraction of sp³-hybridized carbons (Fsp3) is 0.0952. The summed E-state index contributed by atoms with van der Waals surface area (Å²) in [4.78, 5) is 34.5. The smallest absolute Gasteiger partial charge is 0.182 e. The molecule has 2 aromatic carbocycles. The van der Waals surface area contributed by atoms with Crippen molar-refractivity contribution in [2.75, 3.05) is 16.8 Å². The van der Waals surface area contributed by atoms with Gasteiger partial charge in [0, 0.05) is 10.6 Å². The van der Waals surface area contributed by atoms with Crippen LogP contribution in [0.25, 0.3) is 11.2 Å². The van der Waals surface area contributed by atoms with Crippen LogP contribution in [0.3, 0.4) is 0 Å². The Bertz CT molecular complexity index is 1320. The monoisotopic (exact) mass is 451 g/mol. The van der Waals surface area contributed by atoms with Gasteiger partial charge in [-0.15, -0.1) is 0 Å². The zero-order valence-electron chi connectivity index (χ0n) is 16.0. The van der Waals surface area contributed by atoms with Crippen LogP contribution in [-0.4, -0.2) is 38.6 Å². The van der Waals surface area contributed by atoms with Gasteiger partial charge in [0.2, 0.25) is 0 Å². The fourth-order valence-corrected chi connectivity index (χ4v) is 4.16. The number of nitrogens with zero attached hydrogens (tertiary/aromatic N) is 5. The lowest BCUT2D eigenvalue weighted by molar-refractivity contribution is -0.108. The number of aromatic amines is 1. The first-order valence-corrected chi connectivity index (χ1v) is 10.2. The first-order chi connectivity index (χ1) is 15.2. The first kappa shape index (κ1) is 19.5. The minimum atomic E-state index is -0.685. The average molecular weight is 452 g/mol. The summed E-state index contributed by atoms with van der Waals surface area (Å²) >= 11 is 12.9. The molecule has 5 rings (SSSR count). The average Bonchev–Trinajstić information content (AvgIpc) is 3.27. The minimum Gasteiger partial charge on any atom is -0.361 e. The van der Waals surface area contributed by atoms with Crippen molar-refractivity contribution in [3.63, 3.8) is 0 Å². The number of amidine groups is 1. The third-order valence-electron chi connectivity index (χ3n) is 5.01. The Morgan fingerprint density at radius 2 is 1.90 bits per heavy atom. The second-order valence-electron chi connectivity index (χ2n) is 6.78. The van der Waals surface area contributed by atoms with E-state index >= 15 is 0 Å². The van der Waals surface area contributed by atoms with Crippen LogP contribution in [0.2, 0.25) is 10.0 Å². The van der Waals surface area contributed by atoms with Crippen molar-refractivity contribution in [3.05, 3.63) is 70.7 Å². The highest BCUT2D eigenvalue weighted by atomic mass is 35.5. The fourth-order valence-electron chi connectivity index (χ4n) is 3.65. The number of imidazole rings is 1. The molecule has 2 aromatic heterocycles. The number of halogens is 2. The first-order valence-electron chi connectivity index (χ1n) is 9.40. The van der Waals surface area contributed by atoms with Crippen LogP contribution < -0.4 is 10.2 Å². The van der Waals surface area contributed by atoms with Crippen LogP contribution in [0.5, 0.6) is 0 Å². The summed E-state index contributed by atoms with van der Waals surface area (Å²) in [5.74, 6) is 1.16. The zero-order valence-corrected chi connectivity index (χ0v) is 17.5. The zero-order chi connectivity index (χ0) is 21.4. The van der Waals surface area contributed by atoms with Crippen molar-refractivity contribution in [2.24, 2.45) is 4.99 Å². The molecule has 0 radical (unpaired) electrons. The largest absolute Gasteiger partial charge is 0.361 e. The number of H-pyrrole nitrogens is 1. The maximum atomic E-state index is 12.3. The SMILES string of the molecule is O=CC1c2c(Cl)cccc2N=C(CNc2ncnc3nc[nH]c23)N1c1ccccc1Cl. The van der Waals surface area contributed by atoms with Gasteiger partial charge in [-0.3, -0.25) is 0 Å². The van der Waals surface area contributed by atoms with E-state index in [2.05, 4.69) is 25.3 Å². The molecule has 10 heteroatoms. The summed E-state index contributed by atoms with van der Waals surface area (Å²) in [6, 6.07) is 12.0. The number of aromatic nitrogens is 4. The van der Waals surface area contributed by atoms with E-state index in [1.54, 1.807) is 29.4 Å². The van der Waals surface area contributed by atoms with Crippen molar-refractivity contribution in [1.82, 2.24) is 19.9 Å². The summed E-state index contributed by atoms with van der Waals surface area (Å²) in [5.41, 5.74) is 3.16. The van der Waals surface area contributed by atoms with Gasteiger partial charge in [-0.2, -0.15) is 0 Å². The molecule has 0 saturated heterocycles. The van der Waals surface area contributed by atoms with Crippen molar-refractivity contribution >= 4 is 63.7 Å². The van der Waals surface area contributed by atoms with E-state index in [0.29, 0.717) is 49.8 Å². The van der Waals surface area contributed by atoms with Gasteiger partial charge in [-0.25, -0.2) is 19.9 Å². The summed E-state index contributed by atoms with van der Waals surface area (Å²) < 4.78 is 0. The van der Waals surface area contributed by atoms with Gasteiger partial charge >= 0.3 is 0 Å². The molecule has 0 fully saturated rings. The highest BCUT2D eigenvalue weighted by Crippen LogP contribution is 2.42. The van der Waals surface area contributed by atoms with Gasteiger partial charge in [-0.1, -0.05) is 41.4 Å². The number of para-hydroxylation sites is 1. The highest BCUT2D eigenvalue weighted by molar-refractivity contribution is 6.34. The van der Waals surface area contributed by atoms with Crippen LogP contribution in [0, 0.1) is 0 Å². The van der Waals surface area contributed by atoms with Crippen molar-refractivity contribution < 1.29 is 4.79 Å². The number of anilines is 2. The van der Waals surface area contributed by atoms with E-state index in [1.807, 2.05) is 24.3 Å². The third kappa shape index (κ3) is 3.39. The lowest BCUT2D eigenvalue weighted by Gasteiger charge is -2.36. The Kier molecular flexibility index (Phi) is 5.01. The van der Waals surface area contributed by atoms with Gasteiger partial charge in [0.1, 0.15) is 30.0 Å². The molecule has 31 heavy (non-hydrogen) atoms. The van der Waals surface area contributed by atoms with E-state index in [-0.39, 0.29) is 6.54 Å². The summed E-state index contributed by atoms with van der Waals surface area (Å²) in [6.07, 6.45) is 3.84. The van der Waals surface area contributed by atoms with Crippen LogP contribution in [0.4, 0.5) is 17.2 Å². The number of hydrogen-bond acceptors (Lipinski definition) is 7. The molecule has 4 aromatic rings. The Balaban J connectivity index is 1.60. The van der Waals surface area contributed by atoms with Gasteiger partial charge < -0.3 is 20.0 Å². The molecule has 0 bridgehead atoms. The number of aldehydes is 1. The third-order valence-corrected chi connectivity index (χ3v) is 5.66. The van der Waals surface area contributed by atoms with Gasteiger partial charge in [0.05, 0.1) is 29.3 Å². The summed E-state index contributed by atoms with van der Waals surface area (Å²) in [7, 11) is 0. The number of rotatable bonds is 5. The molecule has 8 nitrogen and oxygen atoms in total. The standard InChI is InChI=1S/C21H15Cl2N7O/c22-12-4-1-2-7-15(12)30-16(9-31)18-13(23)5-3-6-14(18)29-17(30)8-24-20-19-21(26-10-25-19)28-11-27-20/h1-7,9-11,16H,8H2,(H2,24,25,26,27,28). The molecule has 1 atom stereocenters. The second kappa shape index (κ2) is 7.98. The Morgan fingerprint density at radius 3 is 2.74 bits per heavy atom. The molecule has 2 N–H and O–H groups in total. The molecule has 0 aliphatic carbocycles. The minimum absolute atomic E-state index is 0.270. The maximum absolute atomic E-state index is 12.3. The molecule has 1 aliphatic rings. The Morgan fingerprint density at radius 1 is 1.06 bits per heavy atom. The van der Waals surface area contributed by atoms with Gasteiger partial charge in [-0.05, 0) is 24.3 Å². The normalized spacial score (nSPS) is 15.5. The van der Waals surface area contributed by atoms with Crippen molar-refractivity contribution in [3.8, 4) is 0 Å².